The van der Waals surface area contributed by atoms with E-state index in [4.69, 9.17) is 0 Å². The second-order valence-corrected chi connectivity index (χ2v) is 3.69. The standard InChI is InChI=1S/C13H10N4O3.Na/c18-12(19)9-4-3-5-10(8-9)15-13(20)17-16-11-6-1-2-7-14-11;/h1-8H,(H,15,20)(H,18,19);/q;+1/p-1. The Labute approximate surface area is 142 Å². The summed E-state index contributed by atoms with van der Waals surface area (Å²) in [4.78, 5) is 26.0. The third-order valence-corrected chi connectivity index (χ3v) is 2.24. The zero-order valence-electron chi connectivity index (χ0n) is 11.2. The van der Waals surface area contributed by atoms with Crippen LogP contribution in [0.15, 0.2) is 58.9 Å². The van der Waals surface area contributed by atoms with Crippen molar-refractivity contribution in [2.75, 3.05) is 5.32 Å². The van der Waals surface area contributed by atoms with Crippen molar-refractivity contribution in [1.29, 1.82) is 0 Å². The van der Waals surface area contributed by atoms with E-state index in [1.165, 1.54) is 30.5 Å². The molecule has 0 bridgehead atoms. The summed E-state index contributed by atoms with van der Waals surface area (Å²) >= 11 is 0. The Balaban J connectivity index is 0.00000220. The van der Waals surface area contributed by atoms with Crippen molar-refractivity contribution < 1.29 is 44.3 Å². The van der Waals surface area contributed by atoms with Crippen molar-refractivity contribution in [3.8, 4) is 0 Å². The molecule has 0 unspecified atom stereocenters. The van der Waals surface area contributed by atoms with Crippen molar-refractivity contribution in [3.63, 3.8) is 0 Å². The summed E-state index contributed by atoms with van der Waals surface area (Å²) in [5.74, 6) is -1.03. The third kappa shape index (κ3) is 5.42. The second kappa shape index (κ2) is 8.25. The van der Waals surface area contributed by atoms with Crippen LogP contribution in [0.5, 0.6) is 0 Å². The smallest absolute Gasteiger partial charge is 0.545 e. The van der Waals surface area contributed by atoms with Crippen LogP contribution >= 0.6 is 0 Å². The molecule has 1 aromatic heterocycles. The summed E-state index contributed by atoms with van der Waals surface area (Å²) in [5.41, 5.74) is 0.251. The number of aromatic carboxylic acids is 1. The SMILES string of the molecule is O=C(N=Nc1ccccn1)Nc1cccc(C(=O)[O-])c1.[Na+]. The number of benzene rings is 1. The van der Waals surface area contributed by atoms with Crippen LogP contribution in [0, 0.1) is 0 Å². The first-order chi connectivity index (χ1) is 9.65. The molecule has 0 radical (unpaired) electrons. The molecule has 2 amide bonds. The van der Waals surface area contributed by atoms with Crippen LogP contribution in [-0.4, -0.2) is 17.0 Å². The van der Waals surface area contributed by atoms with Crippen LogP contribution in [0.3, 0.4) is 0 Å². The van der Waals surface area contributed by atoms with Crippen LogP contribution in [-0.2, 0) is 0 Å². The number of carbonyl (C=O) groups excluding carboxylic acids is 2. The maximum absolute atomic E-state index is 11.5. The normalized spacial score (nSPS) is 9.90. The van der Waals surface area contributed by atoms with Gasteiger partial charge in [0.05, 0.1) is 5.97 Å². The number of anilines is 1. The zero-order chi connectivity index (χ0) is 14.4. The van der Waals surface area contributed by atoms with E-state index in [1.807, 2.05) is 0 Å². The van der Waals surface area contributed by atoms with Crippen molar-refractivity contribution >= 4 is 23.5 Å². The van der Waals surface area contributed by atoms with Gasteiger partial charge >= 0.3 is 35.6 Å². The molecule has 0 atom stereocenters. The Morgan fingerprint density at radius 1 is 1.14 bits per heavy atom. The van der Waals surface area contributed by atoms with Crippen LogP contribution in [0.4, 0.5) is 16.3 Å². The molecular formula is C13H9N4NaO3. The average Bonchev–Trinajstić information content (AvgIpc) is 2.46. The number of nitrogens with zero attached hydrogens (tertiary/aromatic N) is 3. The first-order valence-electron chi connectivity index (χ1n) is 5.60. The number of rotatable bonds is 3. The minimum Gasteiger partial charge on any atom is -0.545 e. The molecule has 0 saturated heterocycles. The fourth-order valence-electron chi connectivity index (χ4n) is 1.38. The summed E-state index contributed by atoms with van der Waals surface area (Å²) in [6.07, 6.45) is 1.52. The summed E-state index contributed by atoms with van der Waals surface area (Å²) in [6, 6.07) is 9.92. The summed E-state index contributed by atoms with van der Waals surface area (Å²) in [5, 5.41) is 20.1. The maximum atomic E-state index is 11.5. The Bertz CT molecular complexity index is 661. The quantitative estimate of drug-likeness (QED) is 0.564. The molecule has 1 aromatic carbocycles. The number of urea groups is 1. The van der Waals surface area contributed by atoms with E-state index in [1.54, 1.807) is 18.2 Å². The van der Waals surface area contributed by atoms with Gasteiger partial charge in [-0.25, -0.2) is 9.78 Å². The summed E-state index contributed by atoms with van der Waals surface area (Å²) in [7, 11) is 0. The van der Waals surface area contributed by atoms with Gasteiger partial charge in [0, 0.05) is 11.9 Å². The Kier molecular flexibility index (Phi) is 6.67. The van der Waals surface area contributed by atoms with Gasteiger partial charge in [-0.1, -0.05) is 23.3 Å². The number of carbonyl (C=O) groups is 2. The number of carboxylic acid groups (broad SMARTS) is 1. The van der Waals surface area contributed by atoms with Crippen LogP contribution in [0.1, 0.15) is 10.4 Å². The maximum Gasteiger partial charge on any atom is 1.00 e. The largest absolute Gasteiger partial charge is 1.00 e. The number of hydrogen-bond donors (Lipinski definition) is 1. The fraction of sp³-hybridized carbons (Fsp3) is 0. The molecule has 0 fully saturated rings. The predicted molar refractivity (Wildman–Crippen MR) is 68.5 cm³/mol. The van der Waals surface area contributed by atoms with E-state index in [9.17, 15) is 14.7 Å². The molecule has 2 rings (SSSR count). The Morgan fingerprint density at radius 3 is 2.62 bits per heavy atom. The van der Waals surface area contributed by atoms with E-state index < -0.39 is 12.0 Å². The number of carboxylic acids is 1. The molecule has 0 spiro atoms. The van der Waals surface area contributed by atoms with E-state index >= 15 is 0 Å². The summed E-state index contributed by atoms with van der Waals surface area (Å²) in [6.45, 7) is 0. The molecule has 8 heteroatoms. The summed E-state index contributed by atoms with van der Waals surface area (Å²) < 4.78 is 0. The van der Waals surface area contributed by atoms with Gasteiger partial charge in [-0.2, -0.15) is 0 Å². The first-order valence-corrected chi connectivity index (χ1v) is 5.60. The Hall–Kier alpha value is -2.09. The van der Waals surface area contributed by atoms with Crippen molar-refractivity contribution in [2.24, 2.45) is 10.2 Å². The monoisotopic (exact) mass is 292 g/mol. The molecule has 7 nitrogen and oxygen atoms in total. The van der Waals surface area contributed by atoms with Crippen LogP contribution in [0.2, 0.25) is 0 Å². The number of azo groups is 1. The van der Waals surface area contributed by atoms with Crippen molar-refractivity contribution in [3.05, 3.63) is 54.2 Å². The van der Waals surface area contributed by atoms with Crippen molar-refractivity contribution in [1.82, 2.24) is 4.98 Å². The van der Waals surface area contributed by atoms with Gasteiger partial charge in [0.2, 0.25) is 0 Å². The molecule has 21 heavy (non-hydrogen) atoms. The van der Waals surface area contributed by atoms with Crippen LogP contribution < -0.4 is 40.0 Å². The minimum absolute atomic E-state index is 0. The molecular weight excluding hydrogens is 283 g/mol. The topological polar surface area (TPSA) is 107 Å². The van der Waals surface area contributed by atoms with Crippen molar-refractivity contribution in [2.45, 2.75) is 0 Å². The third-order valence-electron chi connectivity index (χ3n) is 2.24. The number of amides is 2. The number of hydrogen-bond acceptors (Lipinski definition) is 5. The van der Waals surface area contributed by atoms with E-state index in [0.29, 0.717) is 5.82 Å². The van der Waals surface area contributed by atoms with Gasteiger partial charge in [-0.05, 0) is 29.8 Å². The average molecular weight is 292 g/mol. The van der Waals surface area contributed by atoms with Gasteiger partial charge in [0.1, 0.15) is 0 Å². The molecule has 0 saturated carbocycles. The second-order valence-electron chi connectivity index (χ2n) is 3.69. The fourth-order valence-corrected chi connectivity index (χ4v) is 1.38. The molecule has 0 aliphatic rings. The van der Waals surface area contributed by atoms with Crippen LogP contribution in [0.25, 0.3) is 0 Å². The molecule has 1 heterocycles. The molecule has 0 aliphatic carbocycles. The van der Waals surface area contributed by atoms with Gasteiger partial charge < -0.3 is 15.2 Å². The number of pyridine rings is 1. The van der Waals surface area contributed by atoms with Gasteiger partial charge in [-0.15, -0.1) is 5.11 Å². The minimum atomic E-state index is -1.32. The Morgan fingerprint density at radius 2 is 1.95 bits per heavy atom. The van der Waals surface area contributed by atoms with Gasteiger partial charge in [0.15, 0.2) is 5.82 Å². The first kappa shape index (κ1) is 17.0. The number of nitrogens with one attached hydrogen (secondary N) is 1. The molecule has 1 N–H and O–H groups in total. The van der Waals surface area contributed by atoms with E-state index in [-0.39, 0.29) is 40.8 Å². The molecule has 100 valence electrons. The van der Waals surface area contributed by atoms with E-state index in [2.05, 4.69) is 20.5 Å². The number of aromatic nitrogens is 1. The predicted octanol–water partition coefficient (Wildman–Crippen LogP) is -1.24. The molecule has 0 aliphatic heterocycles. The van der Waals surface area contributed by atoms with Gasteiger partial charge in [0.25, 0.3) is 0 Å². The zero-order valence-corrected chi connectivity index (χ0v) is 13.2. The van der Waals surface area contributed by atoms with E-state index in [0.717, 1.165) is 0 Å². The molecule has 2 aromatic rings. The van der Waals surface area contributed by atoms with Gasteiger partial charge in [-0.3, -0.25) is 0 Å².